The Hall–Kier alpha value is -6.24. The smallest absolute Gasteiger partial charge is 0.0129 e. The molecule has 0 nitrogen and oxygen atoms in total. The van der Waals surface area contributed by atoms with Gasteiger partial charge in [-0.05, 0) is 178 Å². The number of rotatable bonds is 3. The number of benzene rings is 8. The van der Waals surface area contributed by atoms with Gasteiger partial charge in [-0.1, -0.05) is 325 Å². The first kappa shape index (κ1) is 72.8. The van der Waals surface area contributed by atoms with E-state index in [-0.39, 0.29) is 16.2 Å². The Balaban J connectivity index is 0.000000463. The molecule has 0 bridgehead atoms. The fraction of sp³-hybridized carbons (Fsp3) is 0.407. The van der Waals surface area contributed by atoms with E-state index in [9.17, 15) is 0 Å². The van der Waals surface area contributed by atoms with Crippen molar-refractivity contribution in [2.24, 2.45) is 0 Å². The third-order valence-corrected chi connectivity index (χ3v) is 14.3. The Labute approximate surface area is 500 Å². The fourth-order valence-corrected chi connectivity index (χ4v) is 8.89. The average molecular weight is 1090 g/mol. The van der Waals surface area contributed by atoms with Gasteiger partial charge in [-0.15, -0.1) is 0 Å². The minimum Gasteiger partial charge on any atom is -0.0620 e. The lowest BCUT2D eigenvalue weighted by Gasteiger charge is -2.21. The van der Waals surface area contributed by atoms with E-state index in [0.717, 1.165) is 0 Å². The predicted molar refractivity (Wildman–Crippen MR) is 367 cm³/mol. The van der Waals surface area contributed by atoms with Crippen LogP contribution in [0.2, 0.25) is 0 Å². The number of hydrogen-bond donors (Lipinski definition) is 0. The van der Waals surface area contributed by atoms with Crippen LogP contribution in [-0.4, -0.2) is 0 Å². The van der Waals surface area contributed by atoms with Crippen LogP contribution in [0.4, 0.5) is 0 Å². The standard InChI is InChI=1S/3C11H16.3C10H14.2C9H12/c1-9-5-7-10(8-6-9)11(2,3)4;1-9-6-5-7-10(8-9)11(2,3)4;1-9-7-5-6-8-10(9)11(2,3)4;1-8(2)10-6-4-9(3)5-7-10;1-8(2)10-6-4-5-9(3)7-10;1-8(2)10-7-5-4-6-9(10)3;1-7-4-8(2)6-9(3)5-7;1-7-5-4-6-8(2)9(7)3/h3*5-8H,1-4H3;3*4-8H,1-3H3;2*4-6H,1-3H3. The maximum Gasteiger partial charge on any atom is -0.0129 e. The summed E-state index contributed by atoms with van der Waals surface area (Å²) in [7, 11) is 0. The van der Waals surface area contributed by atoms with Crippen LogP contribution < -0.4 is 0 Å². The van der Waals surface area contributed by atoms with Gasteiger partial charge in [-0.2, -0.15) is 0 Å². The second-order valence-electron chi connectivity index (χ2n) is 26.6. The molecular formula is C81H114. The van der Waals surface area contributed by atoms with Gasteiger partial charge in [0, 0.05) is 0 Å². The van der Waals surface area contributed by atoms with Crippen molar-refractivity contribution < 1.29 is 0 Å². The highest BCUT2D eigenvalue weighted by Crippen LogP contribution is 2.26. The van der Waals surface area contributed by atoms with Crippen LogP contribution >= 0.6 is 0 Å². The molecule has 0 radical (unpaired) electrons. The lowest BCUT2D eigenvalue weighted by molar-refractivity contribution is 0.586. The van der Waals surface area contributed by atoms with E-state index in [0.29, 0.717) is 17.8 Å². The van der Waals surface area contributed by atoms with E-state index >= 15 is 0 Å². The SMILES string of the molecule is Cc1cc(C)cc(C)c1.Cc1ccc(C(C)(C)C)cc1.Cc1ccc(C(C)C)cc1.Cc1cccc(C(C)(C)C)c1.Cc1cccc(C(C)C)c1.Cc1cccc(C)c1C.Cc1ccccc1C(C)(C)C.Cc1ccccc1C(C)C. The maximum absolute atomic E-state index is 2.25. The minimum atomic E-state index is 0.283. The molecular weight excluding hydrogens is 973 g/mol. The van der Waals surface area contributed by atoms with Crippen LogP contribution in [0, 0.1) is 83.1 Å². The number of hydrogen-bond acceptors (Lipinski definition) is 0. The van der Waals surface area contributed by atoms with Crippen molar-refractivity contribution in [2.45, 2.75) is 221 Å². The molecule has 0 heterocycles. The van der Waals surface area contributed by atoms with Crippen LogP contribution in [0.25, 0.3) is 0 Å². The highest BCUT2D eigenvalue weighted by Gasteiger charge is 2.15. The van der Waals surface area contributed by atoms with Crippen LogP contribution in [0.5, 0.6) is 0 Å². The summed E-state index contributed by atoms with van der Waals surface area (Å²) in [5.74, 6) is 1.96. The van der Waals surface area contributed by atoms with Crippen LogP contribution in [-0.2, 0) is 16.2 Å². The van der Waals surface area contributed by atoms with E-state index in [2.05, 4.69) is 369 Å². The van der Waals surface area contributed by atoms with Gasteiger partial charge in [-0.3, -0.25) is 0 Å². The molecule has 0 aliphatic heterocycles. The molecule has 81 heavy (non-hydrogen) atoms. The normalized spacial score (nSPS) is 10.7. The highest BCUT2D eigenvalue weighted by molar-refractivity contribution is 5.34. The van der Waals surface area contributed by atoms with Crippen molar-refractivity contribution in [3.8, 4) is 0 Å². The molecule has 0 fully saturated rings. The topological polar surface area (TPSA) is 0 Å². The molecule has 0 aliphatic rings. The second kappa shape index (κ2) is 35.6. The summed E-state index contributed by atoms with van der Waals surface area (Å²) in [4.78, 5) is 0. The molecule has 0 saturated heterocycles. The molecule has 0 atom stereocenters. The monoisotopic (exact) mass is 1090 g/mol. The molecule has 0 aliphatic carbocycles. The maximum atomic E-state index is 2.25. The summed E-state index contributed by atoms with van der Waals surface area (Å²) in [5, 5.41) is 0. The summed E-state index contributed by atoms with van der Waals surface area (Å²) < 4.78 is 0. The van der Waals surface area contributed by atoms with Crippen molar-refractivity contribution in [2.75, 3.05) is 0 Å². The molecule has 0 spiro atoms. The van der Waals surface area contributed by atoms with Crippen molar-refractivity contribution in [3.05, 3.63) is 282 Å². The molecule has 8 aromatic rings. The van der Waals surface area contributed by atoms with Crippen LogP contribution in [0.1, 0.15) is 222 Å². The van der Waals surface area contributed by atoms with Gasteiger partial charge in [0.2, 0.25) is 0 Å². The van der Waals surface area contributed by atoms with Gasteiger partial charge in [0.25, 0.3) is 0 Å². The minimum absolute atomic E-state index is 0.283. The van der Waals surface area contributed by atoms with Crippen molar-refractivity contribution in [3.63, 3.8) is 0 Å². The summed E-state index contributed by atoms with van der Waals surface area (Å²) in [6.45, 7) is 59.1. The summed E-state index contributed by atoms with van der Waals surface area (Å²) in [6.07, 6.45) is 0. The Bertz CT molecular complexity index is 2910. The zero-order valence-corrected chi connectivity index (χ0v) is 56.6. The van der Waals surface area contributed by atoms with E-state index in [1.54, 1.807) is 0 Å². The second-order valence-corrected chi connectivity index (χ2v) is 26.6. The summed E-state index contributed by atoms with van der Waals surface area (Å²) in [6, 6.07) is 64.9. The van der Waals surface area contributed by atoms with Crippen molar-refractivity contribution >= 4 is 0 Å². The summed E-state index contributed by atoms with van der Waals surface area (Å²) in [5.41, 5.74) is 25.8. The largest absolute Gasteiger partial charge is 0.0620 e. The number of aryl methyl sites for hydroxylation is 11. The molecule has 0 saturated carbocycles. The lowest BCUT2D eigenvalue weighted by Crippen LogP contribution is -2.12. The van der Waals surface area contributed by atoms with Gasteiger partial charge in [0.05, 0.1) is 0 Å². The van der Waals surface area contributed by atoms with Gasteiger partial charge in [0.15, 0.2) is 0 Å². The van der Waals surface area contributed by atoms with Crippen LogP contribution in [0.15, 0.2) is 182 Å². The quantitative estimate of drug-likeness (QED) is 0.165. The lowest BCUT2D eigenvalue weighted by atomic mass is 9.84. The molecule has 0 amide bonds. The Morgan fingerprint density at radius 1 is 0.247 bits per heavy atom. The molecule has 0 heteroatoms. The first-order valence-electron chi connectivity index (χ1n) is 30.0. The summed E-state index contributed by atoms with van der Waals surface area (Å²) >= 11 is 0. The third kappa shape index (κ3) is 30.4. The zero-order valence-electron chi connectivity index (χ0n) is 56.6. The van der Waals surface area contributed by atoms with Gasteiger partial charge >= 0.3 is 0 Å². The first-order chi connectivity index (χ1) is 37.5. The Morgan fingerprint density at radius 3 is 0.951 bits per heavy atom. The van der Waals surface area contributed by atoms with Gasteiger partial charge in [0.1, 0.15) is 0 Å². The molecule has 438 valence electrons. The molecule has 0 aromatic heterocycles. The average Bonchev–Trinajstić information content (AvgIpc) is 3.36. The molecule has 0 N–H and O–H groups in total. The van der Waals surface area contributed by atoms with Gasteiger partial charge in [-0.25, -0.2) is 0 Å². The highest BCUT2D eigenvalue weighted by atomic mass is 14.2. The van der Waals surface area contributed by atoms with Gasteiger partial charge < -0.3 is 0 Å². The van der Waals surface area contributed by atoms with Crippen molar-refractivity contribution in [1.29, 1.82) is 0 Å². The van der Waals surface area contributed by atoms with E-state index < -0.39 is 0 Å². The Morgan fingerprint density at radius 2 is 0.630 bits per heavy atom. The van der Waals surface area contributed by atoms with E-state index in [1.807, 2.05) is 0 Å². The van der Waals surface area contributed by atoms with E-state index in [4.69, 9.17) is 0 Å². The third-order valence-electron chi connectivity index (χ3n) is 14.3. The molecule has 8 aromatic carbocycles. The first-order valence-corrected chi connectivity index (χ1v) is 30.0. The zero-order chi connectivity index (χ0) is 61.8. The molecule has 0 unspecified atom stereocenters. The van der Waals surface area contributed by atoms with E-state index in [1.165, 1.54) is 100 Å². The fourth-order valence-electron chi connectivity index (χ4n) is 8.89. The Kier molecular flexibility index (Phi) is 32.0. The predicted octanol–water partition coefficient (Wildman–Crippen LogP) is 24.5. The van der Waals surface area contributed by atoms with Crippen molar-refractivity contribution in [1.82, 2.24) is 0 Å². The molecule has 8 rings (SSSR count). The van der Waals surface area contributed by atoms with Crippen LogP contribution in [0.3, 0.4) is 0 Å².